The Balaban J connectivity index is 2.14. The molecule has 1 aliphatic rings. The molecule has 0 saturated heterocycles. The molecule has 114 valence electrons. The molecular weight excluding hydrogens is 280 g/mol. The van der Waals surface area contributed by atoms with Gasteiger partial charge in [0.2, 0.25) is 0 Å². The Kier molecular flexibility index (Phi) is 4.71. The number of Topliss-reactive ketones (excluding diaryl/α,β-unsaturated/α-hetero) is 2. The normalized spacial score (nSPS) is 18.0. The highest BCUT2D eigenvalue weighted by atomic mass is 16.5. The van der Waals surface area contributed by atoms with Crippen molar-refractivity contribution in [3.63, 3.8) is 0 Å². The number of allylic oxidation sites excluding steroid dienone is 3. The van der Waals surface area contributed by atoms with Gasteiger partial charge in [0.05, 0.1) is 17.2 Å². The van der Waals surface area contributed by atoms with Crippen molar-refractivity contribution in [3.8, 4) is 0 Å². The van der Waals surface area contributed by atoms with Gasteiger partial charge in [0.25, 0.3) is 0 Å². The minimum Gasteiger partial charge on any atom is -0.431 e. The van der Waals surface area contributed by atoms with E-state index in [0.29, 0.717) is 17.6 Å². The van der Waals surface area contributed by atoms with Crippen LogP contribution in [-0.2, 0) is 14.3 Å². The lowest BCUT2D eigenvalue weighted by atomic mass is 9.70. The van der Waals surface area contributed by atoms with E-state index in [4.69, 9.17) is 4.74 Å². The molecule has 4 nitrogen and oxygen atoms in total. The Morgan fingerprint density at radius 1 is 1.09 bits per heavy atom. The van der Waals surface area contributed by atoms with Gasteiger partial charge < -0.3 is 4.74 Å². The van der Waals surface area contributed by atoms with E-state index in [0.717, 1.165) is 0 Å². The Morgan fingerprint density at radius 2 is 1.73 bits per heavy atom. The average Bonchev–Trinajstić information content (AvgIpc) is 2.53. The van der Waals surface area contributed by atoms with Gasteiger partial charge in [-0.25, -0.2) is 4.79 Å². The summed E-state index contributed by atoms with van der Waals surface area (Å²) in [6.07, 6.45) is 5.53. The Morgan fingerprint density at radius 3 is 2.32 bits per heavy atom. The number of rotatable bonds is 4. The van der Waals surface area contributed by atoms with Crippen LogP contribution in [0.3, 0.4) is 0 Å². The van der Waals surface area contributed by atoms with E-state index in [1.807, 2.05) is 6.07 Å². The van der Waals surface area contributed by atoms with Crippen molar-refractivity contribution in [1.29, 1.82) is 0 Å². The highest BCUT2D eigenvalue weighted by Gasteiger charge is 2.41. The molecule has 0 aliphatic heterocycles. The molecule has 0 amide bonds. The third kappa shape index (κ3) is 3.22. The summed E-state index contributed by atoms with van der Waals surface area (Å²) >= 11 is 0. The second-order valence-corrected chi connectivity index (χ2v) is 5.44. The Hall–Kier alpha value is -2.49. The van der Waals surface area contributed by atoms with Crippen LogP contribution in [0.5, 0.6) is 0 Å². The first-order chi connectivity index (χ1) is 10.5. The van der Waals surface area contributed by atoms with Crippen molar-refractivity contribution in [2.24, 2.45) is 5.41 Å². The van der Waals surface area contributed by atoms with Crippen molar-refractivity contribution >= 4 is 17.5 Å². The van der Waals surface area contributed by atoms with E-state index in [1.165, 1.54) is 20.1 Å². The number of carbonyl (C=O) groups excluding carboxylic acids is 3. The molecule has 2 rings (SSSR count). The molecule has 22 heavy (non-hydrogen) atoms. The van der Waals surface area contributed by atoms with Crippen LogP contribution in [0, 0.1) is 5.41 Å². The molecule has 0 aromatic heterocycles. The smallest absolute Gasteiger partial charge is 0.342 e. The van der Waals surface area contributed by atoms with Crippen LogP contribution in [0.4, 0.5) is 0 Å². The lowest BCUT2D eigenvalue weighted by molar-refractivity contribution is -0.138. The molecule has 0 fully saturated rings. The maximum absolute atomic E-state index is 11.9. The number of hydrogen-bond donors (Lipinski definition) is 0. The molecule has 0 radical (unpaired) electrons. The molecular formula is C18H18O4. The molecule has 4 heteroatoms. The summed E-state index contributed by atoms with van der Waals surface area (Å²) < 4.78 is 5.15. The van der Waals surface area contributed by atoms with Gasteiger partial charge in [-0.15, -0.1) is 0 Å². The van der Waals surface area contributed by atoms with E-state index in [-0.39, 0.29) is 18.0 Å². The number of benzene rings is 1. The van der Waals surface area contributed by atoms with E-state index < -0.39 is 11.4 Å². The number of ketones is 2. The molecule has 1 aliphatic carbocycles. The van der Waals surface area contributed by atoms with Gasteiger partial charge in [-0.2, -0.15) is 0 Å². The van der Waals surface area contributed by atoms with E-state index in [9.17, 15) is 14.4 Å². The first kappa shape index (κ1) is 15.9. The van der Waals surface area contributed by atoms with Crippen LogP contribution >= 0.6 is 0 Å². The standard InChI is InChI=1S/C18H18O4/c1-13(19)18(14(2)20)10-6-7-15(11-18)12-22-17(21)16-8-4-3-5-9-16/h3-9,12H,10-11H2,1-2H3/b15-12-. The van der Waals surface area contributed by atoms with Gasteiger partial charge in [0.15, 0.2) is 0 Å². The largest absolute Gasteiger partial charge is 0.431 e. The third-order valence-electron chi connectivity index (χ3n) is 3.98. The first-order valence-corrected chi connectivity index (χ1v) is 7.09. The molecule has 0 heterocycles. The highest BCUT2D eigenvalue weighted by Crippen LogP contribution is 2.37. The van der Waals surface area contributed by atoms with Gasteiger partial charge in [-0.3, -0.25) is 9.59 Å². The first-order valence-electron chi connectivity index (χ1n) is 7.09. The number of carbonyl (C=O) groups is 3. The van der Waals surface area contributed by atoms with Crippen LogP contribution in [0.25, 0.3) is 0 Å². The summed E-state index contributed by atoms with van der Waals surface area (Å²) in [6.45, 7) is 2.85. The fourth-order valence-electron chi connectivity index (χ4n) is 2.53. The predicted molar refractivity (Wildman–Crippen MR) is 82.1 cm³/mol. The van der Waals surface area contributed by atoms with Gasteiger partial charge >= 0.3 is 5.97 Å². The van der Waals surface area contributed by atoms with E-state index in [1.54, 1.807) is 36.4 Å². The lowest BCUT2D eigenvalue weighted by Gasteiger charge is -2.30. The van der Waals surface area contributed by atoms with Crippen LogP contribution in [-0.4, -0.2) is 17.5 Å². The fraction of sp³-hybridized carbons (Fsp3) is 0.278. The van der Waals surface area contributed by atoms with Crippen LogP contribution < -0.4 is 0 Å². The molecule has 0 saturated carbocycles. The summed E-state index contributed by atoms with van der Waals surface area (Å²) in [5, 5.41) is 0. The number of esters is 1. The number of hydrogen-bond acceptors (Lipinski definition) is 4. The predicted octanol–water partition coefficient (Wildman–Crippen LogP) is 3.24. The molecule has 0 N–H and O–H groups in total. The summed E-state index contributed by atoms with van der Waals surface area (Å²) in [6, 6.07) is 8.63. The van der Waals surface area contributed by atoms with E-state index >= 15 is 0 Å². The molecule has 0 atom stereocenters. The Bertz CT molecular complexity index is 639. The van der Waals surface area contributed by atoms with Gasteiger partial charge in [-0.05, 0) is 44.4 Å². The summed E-state index contributed by atoms with van der Waals surface area (Å²) in [5.41, 5.74) is 0.0733. The summed E-state index contributed by atoms with van der Waals surface area (Å²) in [5.74, 6) is -0.794. The summed E-state index contributed by atoms with van der Waals surface area (Å²) in [7, 11) is 0. The third-order valence-corrected chi connectivity index (χ3v) is 3.98. The maximum Gasteiger partial charge on any atom is 0.342 e. The van der Waals surface area contributed by atoms with Crippen LogP contribution in [0.1, 0.15) is 37.0 Å². The van der Waals surface area contributed by atoms with Crippen LogP contribution in [0.15, 0.2) is 54.3 Å². The SMILES string of the molecule is CC(=O)C1(C(C)=O)CC=C/C(=C/OC(=O)c2ccccc2)C1. The zero-order chi connectivity index (χ0) is 16.2. The van der Waals surface area contributed by atoms with E-state index in [2.05, 4.69) is 0 Å². The van der Waals surface area contributed by atoms with Crippen molar-refractivity contribution < 1.29 is 19.1 Å². The average molecular weight is 298 g/mol. The molecule has 0 spiro atoms. The van der Waals surface area contributed by atoms with Crippen molar-refractivity contribution in [2.75, 3.05) is 0 Å². The zero-order valence-corrected chi connectivity index (χ0v) is 12.7. The van der Waals surface area contributed by atoms with Gasteiger partial charge in [0.1, 0.15) is 11.6 Å². The quantitative estimate of drug-likeness (QED) is 0.486. The maximum atomic E-state index is 11.9. The molecule has 1 aromatic carbocycles. The van der Waals surface area contributed by atoms with Crippen molar-refractivity contribution in [3.05, 3.63) is 59.9 Å². The van der Waals surface area contributed by atoms with Crippen molar-refractivity contribution in [2.45, 2.75) is 26.7 Å². The second kappa shape index (κ2) is 6.52. The molecule has 1 aromatic rings. The minimum absolute atomic E-state index is 0.162. The number of ether oxygens (including phenoxy) is 1. The lowest BCUT2D eigenvalue weighted by Crippen LogP contribution is -2.37. The van der Waals surface area contributed by atoms with Crippen molar-refractivity contribution in [1.82, 2.24) is 0 Å². The Labute approximate surface area is 129 Å². The molecule has 0 bridgehead atoms. The summed E-state index contributed by atoms with van der Waals surface area (Å²) in [4.78, 5) is 35.6. The zero-order valence-electron chi connectivity index (χ0n) is 12.7. The van der Waals surface area contributed by atoms with Gasteiger partial charge in [0, 0.05) is 0 Å². The topological polar surface area (TPSA) is 60.4 Å². The highest BCUT2D eigenvalue weighted by molar-refractivity contribution is 6.05. The fourth-order valence-corrected chi connectivity index (χ4v) is 2.53. The minimum atomic E-state index is -1.03. The second-order valence-electron chi connectivity index (χ2n) is 5.44. The monoisotopic (exact) mass is 298 g/mol. The van der Waals surface area contributed by atoms with Gasteiger partial charge in [-0.1, -0.05) is 30.4 Å². The molecule has 0 unspecified atom stereocenters. The van der Waals surface area contributed by atoms with Crippen LogP contribution in [0.2, 0.25) is 0 Å².